The molecule has 0 saturated carbocycles. The highest BCUT2D eigenvalue weighted by molar-refractivity contribution is 7.99. The Balaban J connectivity index is 1.75. The zero-order valence-corrected chi connectivity index (χ0v) is 18.5. The SMILES string of the molecule is CCCSc1nc(N2CCN(c3ccccc3OC)CC2)ccc1C(=O)N(C)C. The second-order valence-electron chi connectivity index (χ2n) is 7.22. The quantitative estimate of drug-likeness (QED) is 0.645. The molecule has 2 aromatic rings. The molecule has 0 aliphatic carbocycles. The number of nitrogens with zero attached hydrogens (tertiary/aromatic N) is 4. The minimum Gasteiger partial charge on any atom is -0.495 e. The van der Waals surface area contributed by atoms with Crippen LogP contribution in [0.15, 0.2) is 41.4 Å². The van der Waals surface area contributed by atoms with Crippen molar-refractivity contribution in [1.82, 2.24) is 9.88 Å². The van der Waals surface area contributed by atoms with E-state index in [-0.39, 0.29) is 5.91 Å². The van der Waals surface area contributed by atoms with Gasteiger partial charge in [-0.25, -0.2) is 4.98 Å². The molecule has 29 heavy (non-hydrogen) atoms. The molecule has 0 radical (unpaired) electrons. The molecule has 0 atom stereocenters. The number of pyridine rings is 1. The molecule has 1 fully saturated rings. The molecule has 2 heterocycles. The van der Waals surface area contributed by atoms with E-state index in [9.17, 15) is 4.79 Å². The van der Waals surface area contributed by atoms with Crippen LogP contribution in [0.5, 0.6) is 5.75 Å². The summed E-state index contributed by atoms with van der Waals surface area (Å²) in [6.07, 6.45) is 1.05. The lowest BCUT2D eigenvalue weighted by molar-refractivity contribution is 0.0823. The van der Waals surface area contributed by atoms with Crippen LogP contribution in [0.3, 0.4) is 0 Å². The van der Waals surface area contributed by atoms with Gasteiger partial charge >= 0.3 is 0 Å². The van der Waals surface area contributed by atoms with Gasteiger partial charge in [-0.1, -0.05) is 19.1 Å². The maximum absolute atomic E-state index is 12.5. The van der Waals surface area contributed by atoms with Gasteiger partial charge in [0.15, 0.2) is 0 Å². The lowest BCUT2D eigenvalue weighted by Crippen LogP contribution is -2.47. The van der Waals surface area contributed by atoms with Crippen molar-refractivity contribution in [2.75, 3.05) is 62.9 Å². The number of ether oxygens (including phenoxy) is 1. The smallest absolute Gasteiger partial charge is 0.256 e. The summed E-state index contributed by atoms with van der Waals surface area (Å²) in [5, 5.41) is 0.829. The van der Waals surface area contributed by atoms with Crippen molar-refractivity contribution in [3.8, 4) is 5.75 Å². The van der Waals surface area contributed by atoms with Crippen molar-refractivity contribution in [2.24, 2.45) is 0 Å². The van der Waals surface area contributed by atoms with Gasteiger partial charge in [0.2, 0.25) is 0 Å². The largest absolute Gasteiger partial charge is 0.495 e. The lowest BCUT2D eigenvalue weighted by atomic mass is 10.2. The Morgan fingerprint density at radius 3 is 2.45 bits per heavy atom. The van der Waals surface area contributed by atoms with Crippen LogP contribution in [0.2, 0.25) is 0 Å². The lowest BCUT2D eigenvalue weighted by Gasteiger charge is -2.37. The van der Waals surface area contributed by atoms with E-state index < -0.39 is 0 Å². The number of anilines is 2. The molecule has 1 amide bonds. The number of thioether (sulfide) groups is 1. The van der Waals surface area contributed by atoms with Gasteiger partial charge in [0.25, 0.3) is 5.91 Å². The van der Waals surface area contributed by atoms with Crippen molar-refractivity contribution in [3.05, 3.63) is 42.0 Å². The number of aromatic nitrogens is 1. The van der Waals surface area contributed by atoms with E-state index in [4.69, 9.17) is 9.72 Å². The number of hydrogen-bond acceptors (Lipinski definition) is 6. The van der Waals surface area contributed by atoms with Gasteiger partial charge in [-0.15, -0.1) is 11.8 Å². The second-order valence-corrected chi connectivity index (χ2v) is 8.30. The van der Waals surface area contributed by atoms with Crippen LogP contribution < -0.4 is 14.5 Å². The first-order valence-electron chi connectivity index (χ1n) is 10.0. The fourth-order valence-corrected chi connectivity index (χ4v) is 4.25. The van der Waals surface area contributed by atoms with E-state index in [1.54, 1.807) is 37.9 Å². The number of carbonyl (C=O) groups excluding carboxylic acids is 1. The zero-order chi connectivity index (χ0) is 20.8. The van der Waals surface area contributed by atoms with Crippen molar-refractivity contribution >= 4 is 29.2 Å². The molecular weight excluding hydrogens is 384 g/mol. The highest BCUT2D eigenvalue weighted by atomic mass is 32.2. The predicted molar refractivity (Wildman–Crippen MR) is 121 cm³/mol. The molecule has 0 N–H and O–H groups in total. The summed E-state index contributed by atoms with van der Waals surface area (Å²) in [6.45, 7) is 5.70. The highest BCUT2D eigenvalue weighted by Crippen LogP contribution is 2.30. The van der Waals surface area contributed by atoms with E-state index in [1.165, 1.54) is 0 Å². The first kappa shape index (κ1) is 21.3. The average Bonchev–Trinajstić information content (AvgIpc) is 2.77. The summed E-state index contributed by atoms with van der Waals surface area (Å²) in [6, 6.07) is 12.0. The van der Waals surface area contributed by atoms with Crippen molar-refractivity contribution in [2.45, 2.75) is 18.4 Å². The van der Waals surface area contributed by atoms with Crippen molar-refractivity contribution in [1.29, 1.82) is 0 Å². The number of methoxy groups -OCH3 is 1. The molecule has 0 bridgehead atoms. The van der Waals surface area contributed by atoms with Gasteiger partial charge in [-0.3, -0.25) is 4.79 Å². The summed E-state index contributed by atoms with van der Waals surface area (Å²) in [7, 11) is 5.27. The van der Waals surface area contributed by atoms with E-state index in [2.05, 4.69) is 22.8 Å². The third-order valence-corrected chi connectivity index (χ3v) is 6.15. The first-order chi connectivity index (χ1) is 14.0. The molecule has 1 aromatic heterocycles. The summed E-state index contributed by atoms with van der Waals surface area (Å²) in [5.41, 5.74) is 1.82. The Kier molecular flexibility index (Phi) is 7.25. The minimum absolute atomic E-state index is 0.00337. The monoisotopic (exact) mass is 414 g/mol. The molecule has 1 aliphatic rings. The third kappa shape index (κ3) is 4.96. The molecule has 1 aromatic carbocycles. The normalized spacial score (nSPS) is 14.1. The Hall–Kier alpha value is -2.41. The van der Waals surface area contributed by atoms with Gasteiger partial charge in [-0.05, 0) is 36.4 Å². The third-order valence-electron chi connectivity index (χ3n) is 4.95. The van der Waals surface area contributed by atoms with Crippen LogP contribution in [0.1, 0.15) is 23.7 Å². The number of hydrogen-bond donors (Lipinski definition) is 0. The Morgan fingerprint density at radius 1 is 1.10 bits per heavy atom. The van der Waals surface area contributed by atoms with Crippen molar-refractivity contribution < 1.29 is 9.53 Å². The van der Waals surface area contributed by atoms with Crippen LogP contribution in [-0.4, -0.2) is 68.9 Å². The van der Waals surface area contributed by atoms with Crippen LogP contribution in [0.4, 0.5) is 11.5 Å². The predicted octanol–water partition coefficient (Wildman–Crippen LogP) is 3.62. The highest BCUT2D eigenvalue weighted by Gasteiger charge is 2.22. The van der Waals surface area contributed by atoms with Crippen LogP contribution in [-0.2, 0) is 0 Å². The number of benzene rings is 1. The molecule has 1 saturated heterocycles. The maximum atomic E-state index is 12.5. The molecule has 6 nitrogen and oxygen atoms in total. The van der Waals surface area contributed by atoms with Gasteiger partial charge in [0.05, 0.1) is 18.4 Å². The summed E-state index contributed by atoms with van der Waals surface area (Å²) >= 11 is 1.66. The fraction of sp³-hybridized carbons (Fsp3) is 0.455. The molecule has 3 rings (SSSR count). The van der Waals surface area contributed by atoms with Crippen LogP contribution >= 0.6 is 11.8 Å². The molecule has 0 unspecified atom stereocenters. The molecule has 0 spiro atoms. The number of carbonyl (C=O) groups is 1. The molecule has 7 heteroatoms. The topological polar surface area (TPSA) is 48.9 Å². The first-order valence-corrected chi connectivity index (χ1v) is 11.0. The average molecular weight is 415 g/mol. The molecule has 156 valence electrons. The molecular formula is C22H30N4O2S. The van der Waals surface area contributed by atoms with Gasteiger partial charge < -0.3 is 19.4 Å². The minimum atomic E-state index is 0.00337. The number of para-hydroxylation sites is 2. The number of piperazine rings is 1. The van der Waals surface area contributed by atoms with Crippen molar-refractivity contribution in [3.63, 3.8) is 0 Å². The van der Waals surface area contributed by atoms with E-state index in [0.717, 1.165) is 60.6 Å². The number of amides is 1. The Labute approximate surface area is 177 Å². The summed E-state index contributed by atoms with van der Waals surface area (Å²) < 4.78 is 5.51. The van der Waals surface area contributed by atoms with Crippen LogP contribution in [0.25, 0.3) is 0 Å². The van der Waals surface area contributed by atoms with E-state index in [1.807, 2.05) is 30.3 Å². The Morgan fingerprint density at radius 2 is 1.79 bits per heavy atom. The Bertz CT molecular complexity index is 835. The van der Waals surface area contributed by atoms with E-state index >= 15 is 0 Å². The van der Waals surface area contributed by atoms with Gasteiger partial charge in [0, 0.05) is 40.3 Å². The number of rotatable bonds is 7. The maximum Gasteiger partial charge on any atom is 0.256 e. The fourth-order valence-electron chi connectivity index (χ4n) is 3.39. The van der Waals surface area contributed by atoms with Gasteiger partial charge in [0.1, 0.15) is 16.6 Å². The standard InChI is InChI=1S/C22H30N4O2S/c1-5-16-29-21-17(22(27)24(2)3)10-11-20(23-21)26-14-12-25(13-15-26)18-8-6-7-9-19(18)28-4/h6-11H,5,12-16H2,1-4H3. The zero-order valence-electron chi connectivity index (χ0n) is 17.7. The van der Waals surface area contributed by atoms with Gasteiger partial charge in [-0.2, -0.15) is 0 Å². The van der Waals surface area contributed by atoms with Crippen LogP contribution in [0, 0.1) is 0 Å². The summed E-state index contributed by atoms with van der Waals surface area (Å²) in [5.74, 6) is 2.80. The second kappa shape index (κ2) is 9.87. The molecule has 1 aliphatic heterocycles. The summed E-state index contributed by atoms with van der Waals surface area (Å²) in [4.78, 5) is 23.6. The van der Waals surface area contributed by atoms with E-state index in [0.29, 0.717) is 5.56 Å².